The van der Waals surface area contributed by atoms with Gasteiger partial charge >= 0.3 is 0 Å². The highest BCUT2D eigenvalue weighted by Crippen LogP contribution is 2.28. The van der Waals surface area contributed by atoms with E-state index in [1.165, 1.54) is 11.1 Å². The van der Waals surface area contributed by atoms with Crippen molar-refractivity contribution in [2.24, 2.45) is 0 Å². The van der Waals surface area contributed by atoms with E-state index in [4.69, 9.17) is 4.74 Å². The molecule has 4 nitrogen and oxygen atoms in total. The molecule has 1 N–H and O–H groups in total. The van der Waals surface area contributed by atoms with E-state index in [2.05, 4.69) is 73.2 Å². The van der Waals surface area contributed by atoms with Crippen LogP contribution < -0.4 is 10.1 Å². The van der Waals surface area contributed by atoms with E-state index in [-0.39, 0.29) is 6.10 Å². The Morgan fingerprint density at radius 2 is 1.96 bits per heavy atom. The maximum absolute atomic E-state index is 6.02. The molecule has 140 valence electrons. The van der Waals surface area contributed by atoms with Crippen LogP contribution in [0.25, 0.3) is 0 Å². The van der Waals surface area contributed by atoms with Gasteiger partial charge in [-0.1, -0.05) is 38.1 Å². The topological polar surface area (TPSA) is 37.4 Å². The van der Waals surface area contributed by atoms with E-state index >= 15 is 0 Å². The summed E-state index contributed by atoms with van der Waals surface area (Å²) in [6, 6.07) is 13.1. The molecule has 1 aromatic carbocycles. The third-order valence-corrected chi connectivity index (χ3v) is 4.76. The van der Waals surface area contributed by atoms with Crippen LogP contribution in [0, 0.1) is 0 Å². The number of benzene rings is 1. The lowest BCUT2D eigenvalue weighted by Crippen LogP contribution is -2.45. The summed E-state index contributed by atoms with van der Waals surface area (Å²) < 4.78 is 6.02. The van der Waals surface area contributed by atoms with Crippen LogP contribution in [-0.4, -0.2) is 35.6 Å². The van der Waals surface area contributed by atoms with Crippen LogP contribution in [0.15, 0.2) is 42.6 Å². The monoisotopic (exact) mass is 353 g/mol. The van der Waals surface area contributed by atoms with Gasteiger partial charge in [-0.05, 0) is 37.5 Å². The van der Waals surface area contributed by atoms with Crippen molar-refractivity contribution in [2.75, 3.05) is 19.6 Å². The molecule has 0 radical (unpaired) electrons. The average Bonchev–Trinajstić information content (AvgIpc) is 2.62. The van der Waals surface area contributed by atoms with Crippen LogP contribution in [0.1, 0.15) is 56.5 Å². The van der Waals surface area contributed by atoms with Crippen molar-refractivity contribution in [3.63, 3.8) is 0 Å². The molecule has 1 aliphatic heterocycles. The molecule has 1 atom stereocenters. The molecular weight excluding hydrogens is 322 g/mol. The standard InChI is InChI=1S/C22H31N3O/c1-16(2)20-10-9-18(13-24-20)14-25-12-11-23-21(15-25)19-7-5-6-8-22(19)26-17(3)4/h5-10,13,16-17,21,23H,11-12,14-15H2,1-4H3/t21-/m0/s1. The highest BCUT2D eigenvalue weighted by atomic mass is 16.5. The lowest BCUT2D eigenvalue weighted by atomic mass is 10.0. The van der Waals surface area contributed by atoms with E-state index < -0.39 is 0 Å². The van der Waals surface area contributed by atoms with Gasteiger partial charge in [-0.3, -0.25) is 9.88 Å². The fourth-order valence-corrected chi connectivity index (χ4v) is 3.42. The smallest absolute Gasteiger partial charge is 0.124 e. The minimum absolute atomic E-state index is 0.182. The fraction of sp³-hybridized carbons (Fsp3) is 0.500. The molecule has 0 saturated carbocycles. The molecule has 1 fully saturated rings. The predicted molar refractivity (Wildman–Crippen MR) is 107 cm³/mol. The van der Waals surface area contributed by atoms with Gasteiger partial charge in [-0.2, -0.15) is 0 Å². The van der Waals surface area contributed by atoms with Crippen molar-refractivity contribution in [1.29, 1.82) is 0 Å². The molecule has 1 aliphatic rings. The molecule has 3 rings (SSSR count). The molecule has 0 amide bonds. The first kappa shape index (κ1) is 18.9. The highest BCUT2D eigenvalue weighted by Gasteiger charge is 2.23. The van der Waals surface area contributed by atoms with Gasteiger partial charge in [0.2, 0.25) is 0 Å². The fourth-order valence-electron chi connectivity index (χ4n) is 3.42. The molecular formula is C22H31N3O. The molecule has 0 bridgehead atoms. The van der Waals surface area contributed by atoms with Crippen molar-refractivity contribution < 1.29 is 4.74 Å². The van der Waals surface area contributed by atoms with Crippen molar-refractivity contribution in [1.82, 2.24) is 15.2 Å². The number of ether oxygens (including phenoxy) is 1. The molecule has 1 aromatic heterocycles. The van der Waals surface area contributed by atoms with Crippen LogP contribution in [0.2, 0.25) is 0 Å². The van der Waals surface area contributed by atoms with Crippen molar-refractivity contribution in [3.8, 4) is 5.75 Å². The van der Waals surface area contributed by atoms with Crippen LogP contribution in [0.3, 0.4) is 0 Å². The number of aromatic nitrogens is 1. The van der Waals surface area contributed by atoms with Crippen molar-refractivity contribution in [3.05, 3.63) is 59.4 Å². The van der Waals surface area contributed by atoms with Gasteiger partial charge in [0.25, 0.3) is 0 Å². The molecule has 2 aromatic rings. The number of piperazine rings is 1. The van der Waals surface area contributed by atoms with E-state index in [1.54, 1.807) is 0 Å². The molecule has 1 saturated heterocycles. The second kappa shape index (κ2) is 8.65. The summed E-state index contributed by atoms with van der Waals surface area (Å²) in [6.07, 6.45) is 2.21. The zero-order valence-corrected chi connectivity index (χ0v) is 16.4. The van der Waals surface area contributed by atoms with Crippen LogP contribution in [0.5, 0.6) is 5.75 Å². The maximum Gasteiger partial charge on any atom is 0.124 e. The van der Waals surface area contributed by atoms with E-state index in [0.717, 1.165) is 37.6 Å². The Morgan fingerprint density at radius 1 is 1.15 bits per heavy atom. The molecule has 0 aliphatic carbocycles. The first-order valence-electron chi connectivity index (χ1n) is 9.69. The van der Waals surface area contributed by atoms with E-state index in [0.29, 0.717) is 12.0 Å². The van der Waals surface area contributed by atoms with E-state index in [9.17, 15) is 0 Å². The van der Waals surface area contributed by atoms with Gasteiger partial charge in [0, 0.05) is 49.7 Å². The summed E-state index contributed by atoms with van der Waals surface area (Å²) in [6.45, 7) is 12.5. The summed E-state index contributed by atoms with van der Waals surface area (Å²) >= 11 is 0. The Bertz CT molecular complexity index is 697. The highest BCUT2D eigenvalue weighted by molar-refractivity contribution is 5.36. The second-order valence-corrected chi connectivity index (χ2v) is 7.69. The maximum atomic E-state index is 6.02. The lowest BCUT2D eigenvalue weighted by Gasteiger charge is -2.34. The predicted octanol–water partition coefficient (Wildman–Crippen LogP) is 4.14. The molecule has 2 heterocycles. The first-order chi connectivity index (χ1) is 12.5. The van der Waals surface area contributed by atoms with Gasteiger partial charge in [0.15, 0.2) is 0 Å². The average molecular weight is 354 g/mol. The quantitative estimate of drug-likeness (QED) is 0.847. The molecule has 4 heteroatoms. The third-order valence-electron chi connectivity index (χ3n) is 4.76. The minimum atomic E-state index is 0.182. The van der Waals surface area contributed by atoms with E-state index in [1.807, 2.05) is 12.3 Å². The van der Waals surface area contributed by atoms with Gasteiger partial charge in [-0.15, -0.1) is 0 Å². The Labute approximate surface area is 157 Å². The Balaban J connectivity index is 1.68. The number of nitrogens with one attached hydrogen (secondary N) is 1. The molecule has 0 unspecified atom stereocenters. The van der Waals surface area contributed by atoms with Gasteiger partial charge in [-0.25, -0.2) is 0 Å². The molecule has 26 heavy (non-hydrogen) atoms. The normalized spacial score (nSPS) is 18.5. The van der Waals surface area contributed by atoms with Crippen molar-refractivity contribution in [2.45, 2.75) is 52.3 Å². The number of rotatable bonds is 6. The first-order valence-corrected chi connectivity index (χ1v) is 9.69. The largest absolute Gasteiger partial charge is 0.491 e. The van der Waals surface area contributed by atoms with Crippen LogP contribution in [0.4, 0.5) is 0 Å². The zero-order valence-electron chi connectivity index (χ0n) is 16.4. The van der Waals surface area contributed by atoms with Crippen molar-refractivity contribution >= 4 is 0 Å². The molecule has 0 spiro atoms. The minimum Gasteiger partial charge on any atom is -0.491 e. The van der Waals surface area contributed by atoms with Gasteiger partial charge in [0.05, 0.1) is 6.10 Å². The number of para-hydroxylation sites is 1. The van der Waals surface area contributed by atoms with Gasteiger partial charge < -0.3 is 10.1 Å². The Morgan fingerprint density at radius 3 is 2.65 bits per heavy atom. The number of nitrogens with zero attached hydrogens (tertiary/aromatic N) is 2. The zero-order chi connectivity index (χ0) is 18.5. The number of pyridine rings is 1. The van der Waals surface area contributed by atoms with Crippen LogP contribution >= 0.6 is 0 Å². The number of hydrogen-bond donors (Lipinski definition) is 1. The number of hydrogen-bond acceptors (Lipinski definition) is 4. The third kappa shape index (κ3) is 4.83. The lowest BCUT2D eigenvalue weighted by molar-refractivity contribution is 0.186. The van der Waals surface area contributed by atoms with Gasteiger partial charge in [0.1, 0.15) is 5.75 Å². The summed E-state index contributed by atoms with van der Waals surface area (Å²) in [7, 11) is 0. The summed E-state index contributed by atoms with van der Waals surface area (Å²) in [4.78, 5) is 7.10. The Kier molecular flexibility index (Phi) is 6.28. The van der Waals surface area contributed by atoms with Crippen LogP contribution in [-0.2, 0) is 6.54 Å². The Hall–Kier alpha value is -1.91. The summed E-state index contributed by atoms with van der Waals surface area (Å²) in [5.74, 6) is 1.47. The summed E-state index contributed by atoms with van der Waals surface area (Å²) in [5, 5.41) is 3.65. The SMILES string of the molecule is CC(C)Oc1ccccc1[C@@H]1CN(Cc2ccc(C(C)C)nc2)CCN1. The summed E-state index contributed by atoms with van der Waals surface area (Å²) in [5.41, 5.74) is 3.69. The second-order valence-electron chi connectivity index (χ2n) is 7.69.